The van der Waals surface area contributed by atoms with Crippen molar-refractivity contribution in [1.29, 1.82) is 0 Å². The van der Waals surface area contributed by atoms with Crippen molar-refractivity contribution in [1.82, 2.24) is 0 Å². The topological polar surface area (TPSA) is 61.8 Å². The van der Waals surface area contributed by atoms with Gasteiger partial charge in [0.2, 0.25) is 0 Å². The van der Waals surface area contributed by atoms with E-state index in [2.05, 4.69) is 22.6 Å². The van der Waals surface area contributed by atoms with Crippen molar-refractivity contribution < 1.29 is 23.8 Å². The molecule has 0 unspecified atom stereocenters. The largest absolute Gasteiger partial charge is 0.493 e. The molecule has 126 valence electrons. The highest BCUT2D eigenvalue weighted by molar-refractivity contribution is 14.1. The number of methoxy groups -OCH3 is 2. The van der Waals surface area contributed by atoms with Crippen LogP contribution in [-0.4, -0.2) is 26.0 Å². The molecule has 0 atom stereocenters. The number of hydrogen-bond donors (Lipinski definition) is 0. The Balaban J connectivity index is 2.54. The van der Waals surface area contributed by atoms with Gasteiger partial charge in [-0.1, -0.05) is 6.92 Å². The molecule has 0 heterocycles. The van der Waals surface area contributed by atoms with E-state index in [-0.39, 0.29) is 23.5 Å². The van der Waals surface area contributed by atoms with E-state index >= 15 is 0 Å². The molecule has 5 nitrogen and oxygen atoms in total. The molecule has 24 heavy (non-hydrogen) atoms. The van der Waals surface area contributed by atoms with Crippen LogP contribution >= 0.6 is 22.6 Å². The first-order valence-corrected chi connectivity index (χ1v) is 8.35. The second-order valence-electron chi connectivity index (χ2n) is 4.87. The van der Waals surface area contributed by atoms with Gasteiger partial charge in [0.25, 0.3) is 0 Å². The van der Waals surface area contributed by atoms with Gasteiger partial charge in [0.05, 0.1) is 19.8 Å². The molecule has 6 heteroatoms. The predicted octanol–water partition coefficient (Wildman–Crippen LogP) is 3.85. The second-order valence-corrected chi connectivity index (χ2v) is 6.11. The Kier molecular flexibility index (Phi) is 6.19. The van der Waals surface area contributed by atoms with Crippen molar-refractivity contribution in [3.63, 3.8) is 0 Å². The Labute approximate surface area is 154 Å². The molecule has 0 amide bonds. The van der Waals surface area contributed by atoms with E-state index in [0.717, 1.165) is 3.57 Å². The average molecular weight is 440 g/mol. The van der Waals surface area contributed by atoms with Gasteiger partial charge >= 0.3 is 5.97 Å². The lowest BCUT2D eigenvalue weighted by molar-refractivity contribution is -0.134. The Morgan fingerprint density at radius 3 is 2.08 bits per heavy atom. The Morgan fingerprint density at radius 1 is 0.958 bits per heavy atom. The van der Waals surface area contributed by atoms with Crippen LogP contribution < -0.4 is 14.2 Å². The van der Waals surface area contributed by atoms with Gasteiger partial charge in [-0.3, -0.25) is 9.59 Å². The van der Waals surface area contributed by atoms with Gasteiger partial charge < -0.3 is 14.2 Å². The van der Waals surface area contributed by atoms with Gasteiger partial charge in [0, 0.05) is 21.6 Å². The number of benzene rings is 2. The van der Waals surface area contributed by atoms with Gasteiger partial charge in [-0.15, -0.1) is 0 Å². The average Bonchev–Trinajstić information content (AvgIpc) is 2.61. The molecule has 0 aliphatic carbocycles. The van der Waals surface area contributed by atoms with Crippen molar-refractivity contribution in [2.45, 2.75) is 13.3 Å². The van der Waals surface area contributed by atoms with Crippen LogP contribution in [0.15, 0.2) is 36.4 Å². The van der Waals surface area contributed by atoms with E-state index in [1.807, 2.05) is 12.1 Å². The van der Waals surface area contributed by atoms with Gasteiger partial charge in [-0.05, 0) is 52.9 Å². The molecule has 0 spiro atoms. The quantitative estimate of drug-likeness (QED) is 0.296. The first-order chi connectivity index (χ1) is 11.5. The lowest BCUT2D eigenvalue weighted by Crippen LogP contribution is -2.11. The molecule has 0 aliphatic heterocycles. The number of esters is 1. The number of ether oxygens (including phenoxy) is 3. The fourth-order valence-corrected chi connectivity index (χ4v) is 2.43. The predicted molar refractivity (Wildman–Crippen MR) is 98.1 cm³/mol. The zero-order chi connectivity index (χ0) is 17.7. The Morgan fingerprint density at radius 2 is 1.54 bits per heavy atom. The lowest BCUT2D eigenvalue weighted by Gasteiger charge is -2.14. The van der Waals surface area contributed by atoms with Crippen LogP contribution in [-0.2, 0) is 4.79 Å². The Hall–Kier alpha value is -2.09. The maximum absolute atomic E-state index is 12.8. The second kappa shape index (κ2) is 8.14. The van der Waals surface area contributed by atoms with E-state index in [1.54, 1.807) is 19.1 Å². The van der Waals surface area contributed by atoms with Crippen LogP contribution in [0, 0.1) is 3.57 Å². The molecule has 0 radical (unpaired) electrons. The van der Waals surface area contributed by atoms with Gasteiger partial charge in [-0.2, -0.15) is 0 Å². The molecule has 0 bridgehead atoms. The van der Waals surface area contributed by atoms with Crippen molar-refractivity contribution in [2.75, 3.05) is 14.2 Å². The van der Waals surface area contributed by atoms with E-state index in [1.165, 1.54) is 26.4 Å². The van der Waals surface area contributed by atoms with Crippen LogP contribution in [0.3, 0.4) is 0 Å². The van der Waals surface area contributed by atoms with Crippen molar-refractivity contribution in [3.05, 3.63) is 51.1 Å². The minimum atomic E-state index is -0.432. The summed E-state index contributed by atoms with van der Waals surface area (Å²) in [6, 6.07) is 10.2. The molecule has 0 saturated carbocycles. The minimum absolute atomic E-state index is 0.156. The zero-order valence-corrected chi connectivity index (χ0v) is 15.7. The highest BCUT2D eigenvalue weighted by atomic mass is 127. The third kappa shape index (κ3) is 4.05. The van der Waals surface area contributed by atoms with Crippen molar-refractivity contribution in [3.8, 4) is 17.2 Å². The number of rotatable bonds is 6. The van der Waals surface area contributed by atoms with Gasteiger partial charge in [-0.25, -0.2) is 0 Å². The molecule has 2 aromatic rings. The van der Waals surface area contributed by atoms with Gasteiger partial charge in [0.15, 0.2) is 17.3 Å². The first kappa shape index (κ1) is 18.3. The maximum atomic E-state index is 12.8. The molecule has 0 N–H and O–H groups in total. The highest BCUT2D eigenvalue weighted by Gasteiger charge is 2.21. The van der Waals surface area contributed by atoms with Crippen molar-refractivity contribution in [2.24, 2.45) is 0 Å². The summed E-state index contributed by atoms with van der Waals surface area (Å²) < 4.78 is 16.8. The van der Waals surface area contributed by atoms with Crippen molar-refractivity contribution >= 4 is 34.3 Å². The molecular weight excluding hydrogens is 423 g/mol. The summed E-state index contributed by atoms with van der Waals surface area (Å²) in [5, 5.41) is 0. The van der Waals surface area contributed by atoms with Crippen LogP contribution in [0.25, 0.3) is 0 Å². The first-order valence-electron chi connectivity index (χ1n) is 7.27. The van der Waals surface area contributed by atoms with E-state index in [9.17, 15) is 9.59 Å². The summed E-state index contributed by atoms with van der Waals surface area (Å²) in [5.41, 5.74) is 0.743. The fourth-order valence-electron chi connectivity index (χ4n) is 2.07. The standard InChI is InChI=1S/C18H17IO5/c1-4-17(20)24-14-10-16(23-3)15(22-2)9-13(14)18(21)11-5-7-12(19)8-6-11/h5-10H,4H2,1-3H3. The van der Waals surface area contributed by atoms with Gasteiger partial charge in [0.1, 0.15) is 5.75 Å². The molecular formula is C18H17IO5. The molecule has 0 saturated heterocycles. The Bertz CT molecular complexity index is 753. The highest BCUT2D eigenvalue weighted by Crippen LogP contribution is 2.36. The zero-order valence-electron chi connectivity index (χ0n) is 13.6. The molecule has 2 aromatic carbocycles. The third-order valence-electron chi connectivity index (χ3n) is 3.35. The molecule has 2 rings (SSSR count). The minimum Gasteiger partial charge on any atom is -0.493 e. The van der Waals surface area contributed by atoms with E-state index in [0.29, 0.717) is 17.1 Å². The molecule has 0 fully saturated rings. The number of carbonyl (C=O) groups excluding carboxylic acids is 2. The third-order valence-corrected chi connectivity index (χ3v) is 4.07. The van der Waals surface area contributed by atoms with Crippen LogP contribution in [0.1, 0.15) is 29.3 Å². The SMILES string of the molecule is CCC(=O)Oc1cc(OC)c(OC)cc1C(=O)c1ccc(I)cc1. The summed E-state index contributed by atoms with van der Waals surface area (Å²) in [5.74, 6) is 0.242. The van der Waals surface area contributed by atoms with Crippen LogP contribution in [0.2, 0.25) is 0 Å². The normalized spacial score (nSPS) is 10.2. The summed E-state index contributed by atoms with van der Waals surface area (Å²) in [7, 11) is 2.96. The fraction of sp³-hybridized carbons (Fsp3) is 0.222. The van der Waals surface area contributed by atoms with E-state index in [4.69, 9.17) is 14.2 Å². The smallest absolute Gasteiger partial charge is 0.310 e. The lowest BCUT2D eigenvalue weighted by atomic mass is 10.0. The maximum Gasteiger partial charge on any atom is 0.310 e. The van der Waals surface area contributed by atoms with Crippen LogP contribution in [0.4, 0.5) is 0 Å². The molecule has 0 aromatic heterocycles. The molecule has 0 aliphatic rings. The number of hydrogen-bond acceptors (Lipinski definition) is 5. The number of carbonyl (C=O) groups is 2. The number of ketones is 1. The monoisotopic (exact) mass is 440 g/mol. The van der Waals surface area contributed by atoms with Crippen LogP contribution in [0.5, 0.6) is 17.2 Å². The summed E-state index contributed by atoms with van der Waals surface area (Å²) in [4.78, 5) is 24.5. The van der Waals surface area contributed by atoms with E-state index < -0.39 is 5.97 Å². The summed E-state index contributed by atoms with van der Waals surface area (Å²) >= 11 is 2.17. The summed E-state index contributed by atoms with van der Waals surface area (Å²) in [6.07, 6.45) is 0.200. The summed E-state index contributed by atoms with van der Waals surface area (Å²) in [6.45, 7) is 1.68. The number of halogens is 1.